The van der Waals surface area contributed by atoms with E-state index in [1.165, 1.54) is 7.11 Å². The van der Waals surface area contributed by atoms with E-state index in [1.807, 2.05) is 0 Å². The first-order valence-corrected chi connectivity index (χ1v) is 11.6. The maximum Gasteiger partial charge on any atom is 0.407 e. The minimum Gasteiger partial charge on any atom is -0.481 e. The molecule has 0 unspecified atom stereocenters. The standard InChI is InChI=1S/C12H21NO5.C11H19NO5/c1-12(2,3)18-11(16)13-9-6-7(14)5-8(9)10(15)17-4;1-11(2,3)17-10(16)12-8-5-6(13)4-7(8)9(14)15/h7-9,14H,5-6H2,1-4H3,(H,13,16);6-8,13H,4-5H2,1-3H3,(H,12,16)(H,14,15)/t7-,8+,9-;6-,7+,8-/m00/s1. The summed E-state index contributed by atoms with van der Waals surface area (Å²) in [5.41, 5.74) is -1.22. The van der Waals surface area contributed by atoms with Crippen molar-refractivity contribution in [1.29, 1.82) is 0 Å². The van der Waals surface area contributed by atoms with Crippen molar-refractivity contribution in [3.8, 4) is 0 Å². The third kappa shape index (κ3) is 11.1. The maximum absolute atomic E-state index is 11.6. The lowest BCUT2D eigenvalue weighted by Gasteiger charge is -2.23. The molecule has 2 rings (SSSR count). The molecule has 2 aliphatic rings. The average molecular weight is 505 g/mol. The maximum atomic E-state index is 11.6. The second-order valence-corrected chi connectivity index (χ2v) is 10.8. The highest BCUT2D eigenvalue weighted by Gasteiger charge is 2.41. The topological polar surface area (TPSA) is 181 Å². The van der Waals surface area contributed by atoms with Gasteiger partial charge in [0.05, 0.1) is 31.2 Å². The van der Waals surface area contributed by atoms with Gasteiger partial charge in [0.15, 0.2) is 0 Å². The number of aliphatic carboxylic acids is 1. The molecule has 0 heterocycles. The largest absolute Gasteiger partial charge is 0.481 e. The van der Waals surface area contributed by atoms with Gasteiger partial charge in [0.1, 0.15) is 11.2 Å². The number of amides is 2. The Morgan fingerprint density at radius 3 is 1.43 bits per heavy atom. The van der Waals surface area contributed by atoms with E-state index in [2.05, 4.69) is 15.4 Å². The monoisotopic (exact) mass is 504 g/mol. The molecule has 2 aliphatic carbocycles. The summed E-state index contributed by atoms with van der Waals surface area (Å²) in [6, 6.07) is -1.01. The van der Waals surface area contributed by atoms with Crippen molar-refractivity contribution in [2.45, 2.75) is 103 Å². The van der Waals surface area contributed by atoms with Crippen molar-refractivity contribution in [2.75, 3.05) is 7.11 Å². The van der Waals surface area contributed by atoms with E-state index in [-0.39, 0.29) is 12.8 Å². The van der Waals surface area contributed by atoms with E-state index in [9.17, 15) is 29.4 Å². The molecule has 0 aromatic heterocycles. The fourth-order valence-corrected chi connectivity index (χ4v) is 3.94. The summed E-state index contributed by atoms with van der Waals surface area (Å²) >= 11 is 0. The predicted molar refractivity (Wildman–Crippen MR) is 123 cm³/mol. The van der Waals surface area contributed by atoms with E-state index in [1.54, 1.807) is 41.5 Å². The number of alkyl carbamates (subject to hydrolysis) is 2. The van der Waals surface area contributed by atoms with Crippen LogP contribution in [-0.4, -0.2) is 82.0 Å². The van der Waals surface area contributed by atoms with Gasteiger partial charge in [-0.1, -0.05) is 0 Å². The lowest BCUT2D eigenvalue weighted by Crippen LogP contribution is -2.43. The number of esters is 1. The molecule has 0 aromatic carbocycles. The van der Waals surface area contributed by atoms with Crippen LogP contribution in [-0.2, 0) is 23.8 Å². The number of nitrogens with one attached hydrogen (secondary N) is 2. The molecule has 5 N–H and O–H groups in total. The first-order valence-electron chi connectivity index (χ1n) is 11.6. The number of carbonyl (C=O) groups excluding carboxylic acids is 3. The minimum atomic E-state index is -1.01. The van der Waals surface area contributed by atoms with Crippen molar-refractivity contribution < 1.29 is 48.7 Å². The number of hydrogen-bond acceptors (Lipinski definition) is 9. The van der Waals surface area contributed by atoms with Gasteiger partial charge in [-0.15, -0.1) is 0 Å². The van der Waals surface area contributed by atoms with E-state index in [0.717, 1.165) is 0 Å². The molecule has 0 saturated heterocycles. The number of carbonyl (C=O) groups is 4. The summed E-state index contributed by atoms with van der Waals surface area (Å²) in [7, 11) is 1.29. The van der Waals surface area contributed by atoms with E-state index in [0.29, 0.717) is 12.8 Å². The zero-order valence-corrected chi connectivity index (χ0v) is 21.5. The Morgan fingerprint density at radius 2 is 1.09 bits per heavy atom. The van der Waals surface area contributed by atoms with Gasteiger partial charge >= 0.3 is 24.1 Å². The molecule has 2 amide bonds. The quantitative estimate of drug-likeness (QED) is 0.278. The lowest BCUT2D eigenvalue weighted by atomic mass is 10.0. The highest BCUT2D eigenvalue weighted by molar-refractivity contribution is 5.76. The molecule has 2 saturated carbocycles. The SMILES string of the molecule is CC(C)(C)OC(=O)N[C@H]1C[C@@H](O)C[C@H]1C(=O)O.COC(=O)[C@@H]1C[C@H](O)C[C@@H]1NC(=O)OC(C)(C)C. The average Bonchev–Trinajstić information content (AvgIpc) is 3.20. The van der Waals surface area contributed by atoms with Crippen LogP contribution in [0.25, 0.3) is 0 Å². The summed E-state index contributed by atoms with van der Waals surface area (Å²) in [6.07, 6.45) is -1.48. The summed E-state index contributed by atoms with van der Waals surface area (Å²) < 4.78 is 14.8. The highest BCUT2D eigenvalue weighted by atomic mass is 16.6. The van der Waals surface area contributed by atoms with Crippen LogP contribution in [0.3, 0.4) is 0 Å². The smallest absolute Gasteiger partial charge is 0.407 e. The number of hydrogen-bond donors (Lipinski definition) is 5. The van der Waals surface area contributed by atoms with Crippen molar-refractivity contribution in [3.63, 3.8) is 0 Å². The molecule has 12 heteroatoms. The Kier molecular flexibility index (Phi) is 10.8. The van der Waals surface area contributed by atoms with Crippen molar-refractivity contribution in [3.05, 3.63) is 0 Å². The zero-order valence-electron chi connectivity index (χ0n) is 21.5. The molecule has 2 fully saturated rings. The number of rotatable bonds is 4. The van der Waals surface area contributed by atoms with Crippen LogP contribution in [0.1, 0.15) is 67.2 Å². The number of aliphatic hydroxyl groups excluding tert-OH is 2. The number of carboxylic acid groups (broad SMARTS) is 1. The normalized spacial score (nSPS) is 28.3. The van der Waals surface area contributed by atoms with Gasteiger partial charge in [-0.05, 0) is 67.2 Å². The molecular weight excluding hydrogens is 464 g/mol. The number of ether oxygens (including phenoxy) is 3. The zero-order chi connectivity index (χ0) is 27.1. The highest BCUT2D eigenvalue weighted by Crippen LogP contribution is 2.28. The van der Waals surface area contributed by atoms with Gasteiger partial charge in [-0.2, -0.15) is 0 Å². The Balaban J connectivity index is 0.000000351. The van der Waals surface area contributed by atoms with E-state index in [4.69, 9.17) is 14.6 Å². The van der Waals surface area contributed by atoms with Crippen LogP contribution in [0.4, 0.5) is 9.59 Å². The molecule has 6 atom stereocenters. The summed E-state index contributed by atoms with van der Waals surface area (Å²) in [4.78, 5) is 45.5. The van der Waals surface area contributed by atoms with Gasteiger partial charge in [-0.3, -0.25) is 9.59 Å². The third-order valence-electron chi connectivity index (χ3n) is 5.30. The van der Waals surface area contributed by atoms with Gasteiger partial charge in [0.2, 0.25) is 0 Å². The predicted octanol–water partition coefficient (Wildman–Crippen LogP) is 1.56. The summed E-state index contributed by atoms with van der Waals surface area (Å²) in [5, 5.41) is 33.0. The van der Waals surface area contributed by atoms with Crippen LogP contribution >= 0.6 is 0 Å². The van der Waals surface area contributed by atoms with Crippen molar-refractivity contribution in [2.24, 2.45) is 11.8 Å². The summed E-state index contributed by atoms with van der Waals surface area (Å²) in [5.74, 6) is -2.70. The fourth-order valence-electron chi connectivity index (χ4n) is 3.94. The van der Waals surface area contributed by atoms with Gasteiger partial charge in [0.25, 0.3) is 0 Å². The van der Waals surface area contributed by atoms with Crippen LogP contribution in [0, 0.1) is 11.8 Å². The second-order valence-electron chi connectivity index (χ2n) is 10.8. The third-order valence-corrected chi connectivity index (χ3v) is 5.30. The van der Waals surface area contributed by atoms with E-state index >= 15 is 0 Å². The minimum absolute atomic E-state index is 0.162. The number of aliphatic hydroxyl groups is 2. The molecule has 0 radical (unpaired) electrons. The molecule has 12 nitrogen and oxygen atoms in total. The molecule has 0 aromatic rings. The van der Waals surface area contributed by atoms with Crippen LogP contribution in [0.15, 0.2) is 0 Å². The van der Waals surface area contributed by atoms with Crippen molar-refractivity contribution >= 4 is 24.1 Å². The number of methoxy groups -OCH3 is 1. The van der Waals surface area contributed by atoms with Crippen molar-refractivity contribution in [1.82, 2.24) is 10.6 Å². The van der Waals surface area contributed by atoms with Gasteiger partial charge in [0, 0.05) is 12.1 Å². The first-order chi connectivity index (χ1) is 15.9. The molecular formula is C23H40N2O10. The molecule has 202 valence electrons. The van der Waals surface area contributed by atoms with E-state index < -0.39 is 71.5 Å². The van der Waals surface area contributed by atoms with Crippen LogP contribution < -0.4 is 10.6 Å². The first kappa shape index (κ1) is 30.4. The Bertz CT molecular complexity index is 758. The Hall–Kier alpha value is -2.60. The molecule has 0 bridgehead atoms. The Labute approximate surface area is 205 Å². The lowest BCUT2D eigenvalue weighted by molar-refractivity contribution is -0.146. The number of carboxylic acids is 1. The Morgan fingerprint density at radius 1 is 0.714 bits per heavy atom. The second kappa shape index (κ2) is 12.4. The van der Waals surface area contributed by atoms with Gasteiger partial charge < -0.3 is 40.2 Å². The van der Waals surface area contributed by atoms with Crippen LogP contribution in [0.5, 0.6) is 0 Å². The van der Waals surface area contributed by atoms with Crippen LogP contribution in [0.2, 0.25) is 0 Å². The fraction of sp³-hybridized carbons (Fsp3) is 0.826. The molecule has 0 aliphatic heterocycles. The summed E-state index contributed by atoms with van der Waals surface area (Å²) in [6.45, 7) is 10.5. The molecule has 35 heavy (non-hydrogen) atoms. The van der Waals surface area contributed by atoms with Gasteiger partial charge in [-0.25, -0.2) is 9.59 Å². The molecule has 0 spiro atoms.